The average molecular weight is 419 g/mol. The van der Waals surface area contributed by atoms with Gasteiger partial charge in [0.15, 0.2) is 5.69 Å². The van der Waals surface area contributed by atoms with Crippen molar-refractivity contribution >= 4 is 35.6 Å². The number of rotatable bonds is 5. The summed E-state index contributed by atoms with van der Waals surface area (Å²) >= 11 is 0. The minimum absolute atomic E-state index is 0. The molecule has 8 nitrogen and oxygen atoms in total. The fraction of sp³-hybridized carbons (Fsp3) is 0.500. The van der Waals surface area contributed by atoms with Crippen LogP contribution in [-0.4, -0.2) is 39.9 Å². The molecule has 0 spiro atoms. The van der Waals surface area contributed by atoms with Crippen LogP contribution in [0, 0.1) is 19.8 Å². The van der Waals surface area contributed by atoms with E-state index in [4.69, 9.17) is 0 Å². The topological polar surface area (TPSA) is 101 Å². The highest BCUT2D eigenvalue weighted by atomic mass is 35.5. The lowest BCUT2D eigenvalue weighted by Crippen LogP contribution is -2.30. The molecule has 156 valence electrons. The molecule has 1 aliphatic carbocycles. The Kier molecular flexibility index (Phi) is 6.54. The molecular weight excluding hydrogens is 392 g/mol. The van der Waals surface area contributed by atoms with E-state index in [0.29, 0.717) is 17.1 Å². The van der Waals surface area contributed by atoms with Gasteiger partial charge in [-0.2, -0.15) is 0 Å². The molecule has 29 heavy (non-hydrogen) atoms. The van der Waals surface area contributed by atoms with E-state index in [-0.39, 0.29) is 36.2 Å². The first-order valence-corrected chi connectivity index (χ1v) is 9.88. The number of nitrogens with zero attached hydrogens (tertiary/aromatic N) is 3. The van der Waals surface area contributed by atoms with Crippen molar-refractivity contribution in [2.45, 2.75) is 45.6 Å². The number of aryl methyl sites for hydroxylation is 1. The van der Waals surface area contributed by atoms with Gasteiger partial charge in [-0.3, -0.25) is 9.59 Å². The van der Waals surface area contributed by atoms with Crippen LogP contribution < -0.4 is 16.0 Å². The summed E-state index contributed by atoms with van der Waals surface area (Å²) in [6.07, 6.45) is 3.86. The van der Waals surface area contributed by atoms with E-state index in [1.165, 1.54) is 0 Å². The van der Waals surface area contributed by atoms with Crippen LogP contribution in [-0.2, 0) is 4.79 Å². The van der Waals surface area contributed by atoms with Gasteiger partial charge in [0, 0.05) is 17.3 Å². The number of hydrogen-bond donors (Lipinski definition) is 3. The number of piperidine rings is 1. The first-order chi connectivity index (χ1) is 13.5. The Morgan fingerprint density at radius 3 is 2.52 bits per heavy atom. The summed E-state index contributed by atoms with van der Waals surface area (Å²) < 4.78 is 1.87. The minimum atomic E-state index is -0.286. The summed E-state index contributed by atoms with van der Waals surface area (Å²) in [5.41, 5.74) is 3.38. The van der Waals surface area contributed by atoms with Gasteiger partial charge in [-0.1, -0.05) is 11.3 Å². The fourth-order valence-corrected chi connectivity index (χ4v) is 3.55. The molecule has 2 fully saturated rings. The SMILES string of the molecule is Cc1ccc(NC(=O)C2CC2)cc1NC(=O)c1nnn(C2CCNCC2)c1C.Cl. The summed E-state index contributed by atoms with van der Waals surface area (Å²) in [6, 6.07) is 5.80. The maximum atomic E-state index is 12.8. The Labute approximate surface area is 176 Å². The lowest BCUT2D eigenvalue weighted by atomic mass is 10.1. The van der Waals surface area contributed by atoms with Gasteiger partial charge >= 0.3 is 0 Å². The lowest BCUT2D eigenvalue weighted by Gasteiger charge is -2.23. The molecule has 4 rings (SSSR count). The zero-order chi connectivity index (χ0) is 19.7. The van der Waals surface area contributed by atoms with E-state index in [2.05, 4.69) is 26.3 Å². The highest BCUT2D eigenvalue weighted by Crippen LogP contribution is 2.31. The second kappa shape index (κ2) is 8.92. The predicted molar refractivity (Wildman–Crippen MR) is 114 cm³/mol. The van der Waals surface area contributed by atoms with Gasteiger partial charge in [-0.25, -0.2) is 4.68 Å². The van der Waals surface area contributed by atoms with Crippen LogP contribution in [0.3, 0.4) is 0 Å². The van der Waals surface area contributed by atoms with Crippen molar-refractivity contribution in [1.29, 1.82) is 0 Å². The van der Waals surface area contributed by atoms with E-state index in [1.54, 1.807) is 6.07 Å². The molecule has 2 amide bonds. The van der Waals surface area contributed by atoms with Crippen LogP contribution in [0.4, 0.5) is 11.4 Å². The molecule has 1 saturated heterocycles. The van der Waals surface area contributed by atoms with E-state index >= 15 is 0 Å². The summed E-state index contributed by atoms with van der Waals surface area (Å²) in [6.45, 7) is 5.70. The maximum absolute atomic E-state index is 12.8. The molecule has 0 radical (unpaired) electrons. The molecule has 2 heterocycles. The monoisotopic (exact) mass is 418 g/mol. The quantitative estimate of drug-likeness (QED) is 0.693. The van der Waals surface area contributed by atoms with Gasteiger partial charge in [0.05, 0.1) is 11.7 Å². The number of hydrogen-bond acceptors (Lipinski definition) is 5. The molecule has 3 N–H and O–H groups in total. The van der Waals surface area contributed by atoms with Crippen molar-refractivity contribution in [3.63, 3.8) is 0 Å². The van der Waals surface area contributed by atoms with Gasteiger partial charge in [0.25, 0.3) is 5.91 Å². The molecule has 0 bridgehead atoms. The highest BCUT2D eigenvalue weighted by molar-refractivity contribution is 6.04. The first kappa shape index (κ1) is 21.3. The Morgan fingerprint density at radius 2 is 1.83 bits per heavy atom. The van der Waals surface area contributed by atoms with Crippen molar-refractivity contribution in [2.24, 2.45) is 5.92 Å². The van der Waals surface area contributed by atoms with Crippen LogP contribution in [0.1, 0.15) is 53.5 Å². The third kappa shape index (κ3) is 4.76. The lowest BCUT2D eigenvalue weighted by molar-refractivity contribution is -0.117. The van der Waals surface area contributed by atoms with Crippen LogP contribution >= 0.6 is 12.4 Å². The third-order valence-corrected chi connectivity index (χ3v) is 5.50. The largest absolute Gasteiger partial charge is 0.326 e. The average Bonchev–Trinajstić information content (AvgIpc) is 3.47. The summed E-state index contributed by atoms with van der Waals surface area (Å²) in [4.78, 5) is 24.8. The van der Waals surface area contributed by atoms with E-state index in [1.807, 2.05) is 30.7 Å². The Balaban J connectivity index is 0.00000240. The van der Waals surface area contributed by atoms with Gasteiger partial charge < -0.3 is 16.0 Å². The van der Waals surface area contributed by atoms with Crippen molar-refractivity contribution < 1.29 is 9.59 Å². The van der Waals surface area contributed by atoms with Gasteiger partial charge in [-0.15, -0.1) is 17.5 Å². The number of anilines is 2. The van der Waals surface area contributed by atoms with Crippen molar-refractivity contribution in [1.82, 2.24) is 20.3 Å². The normalized spacial score (nSPS) is 16.8. The number of carbonyl (C=O) groups is 2. The highest BCUT2D eigenvalue weighted by Gasteiger charge is 2.29. The molecule has 1 aromatic heterocycles. The summed E-state index contributed by atoms with van der Waals surface area (Å²) in [7, 11) is 0. The number of aromatic nitrogens is 3. The smallest absolute Gasteiger partial charge is 0.278 e. The Bertz CT molecular complexity index is 902. The van der Waals surface area contributed by atoms with Crippen LogP contribution in [0.2, 0.25) is 0 Å². The molecule has 0 atom stereocenters. The Hall–Kier alpha value is -2.45. The van der Waals surface area contributed by atoms with Crippen molar-refractivity contribution in [2.75, 3.05) is 23.7 Å². The second-order valence-corrected chi connectivity index (χ2v) is 7.70. The molecule has 0 unspecified atom stereocenters. The van der Waals surface area contributed by atoms with Crippen LogP contribution in [0.25, 0.3) is 0 Å². The number of amides is 2. The molecule has 1 aliphatic heterocycles. The summed E-state index contributed by atoms with van der Waals surface area (Å²) in [5.74, 6) is -0.111. The number of carbonyl (C=O) groups excluding carboxylic acids is 2. The van der Waals surface area contributed by atoms with Crippen molar-refractivity contribution in [3.8, 4) is 0 Å². The molecular formula is C20H27ClN6O2. The van der Waals surface area contributed by atoms with Crippen molar-refractivity contribution in [3.05, 3.63) is 35.2 Å². The molecule has 9 heteroatoms. The standard InChI is InChI=1S/C20H26N6O2.ClH/c1-12-3-6-15(22-19(27)14-4-5-14)11-17(12)23-20(28)18-13(2)26(25-24-18)16-7-9-21-10-8-16;/h3,6,11,14,16,21H,4-5,7-10H2,1-2H3,(H,22,27)(H,23,28);1H. The van der Waals surface area contributed by atoms with E-state index in [9.17, 15) is 9.59 Å². The number of benzene rings is 1. The maximum Gasteiger partial charge on any atom is 0.278 e. The number of halogens is 1. The molecule has 1 aromatic carbocycles. The van der Waals surface area contributed by atoms with Gasteiger partial charge in [0.2, 0.25) is 5.91 Å². The van der Waals surface area contributed by atoms with Crippen LogP contribution in [0.5, 0.6) is 0 Å². The minimum Gasteiger partial charge on any atom is -0.326 e. The molecule has 2 aromatic rings. The fourth-order valence-electron chi connectivity index (χ4n) is 3.55. The zero-order valence-electron chi connectivity index (χ0n) is 16.7. The van der Waals surface area contributed by atoms with Gasteiger partial charge in [-0.05, 0) is 70.3 Å². The summed E-state index contributed by atoms with van der Waals surface area (Å²) in [5, 5.41) is 17.5. The third-order valence-electron chi connectivity index (χ3n) is 5.50. The molecule has 1 saturated carbocycles. The zero-order valence-corrected chi connectivity index (χ0v) is 17.5. The Morgan fingerprint density at radius 1 is 1.10 bits per heavy atom. The molecule has 2 aliphatic rings. The van der Waals surface area contributed by atoms with Crippen LogP contribution in [0.15, 0.2) is 18.2 Å². The number of nitrogens with one attached hydrogen (secondary N) is 3. The van der Waals surface area contributed by atoms with E-state index in [0.717, 1.165) is 50.0 Å². The van der Waals surface area contributed by atoms with E-state index < -0.39 is 0 Å². The van der Waals surface area contributed by atoms with Gasteiger partial charge in [0.1, 0.15) is 0 Å². The predicted octanol–water partition coefficient (Wildman–Crippen LogP) is 2.84. The first-order valence-electron chi connectivity index (χ1n) is 9.88. The second-order valence-electron chi connectivity index (χ2n) is 7.70.